The van der Waals surface area contributed by atoms with Gasteiger partial charge in [0.1, 0.15) is 24.8 Å². The summed E-state index contributed by atoms with van der Waals surface area (Å²) in [6, 6.07) is 6.34. The van der Waals surface area contributed by atoms with Gasteiger partial charge in [-0.2, -0.15) is 5.26 Å². The molecular formula is C22H24N6O2. The van der Waals surface area contributed by atoms with E-state index in [2.05, 4.69) is 25.9 Å². The van der Waals surface area contributed by atoms with E-state index in [1.165, 1.54) is 6.33 Å². The molecule has 3 fully saturated rings. The lowest BCUT2D eigenvalue weighted by atomic mass is 9.76. The predicted octanol–water partition coefficient (Wildman–Crippen LogP) is 2.02. The SMILES string of the molecule is N#Cc1ccc(N2C3CCC2CN(C(=O)COC2(c4cncnc4)CCC2)C3)nc1. The van der Waals surface area contributed by atoms with Gasteiger partial charge < -0.3 is 14.5 Å². The molecule has 2 unspecified atom stereocenters. The van der Waals surface area contributed by atoms with Gasteiger partial charge in [0, 0.05) is 49.3 Å². The molecular weight excluding hydrogens is 380 g/mol. The van der Waals surface area contributed by atoms with Crippen molar-refractivity contribution in [3.63, 3.8) is 0 Å². The molecule has 30 heavy (non-hydrogen) atoms. The number of anilines is 1. The molecule has 2 aliphatic heterocycles. The quantitative estimate of drug-likeness (QED) is 0.752. The highest BCUT2D eigenvalue weighted by Crippen LogP contribution is 2.44. The number of piperazine rings is 1. The van der Waals surface area contributed by atoms with Crippen LogP contribution in [0, 0.1) is 11.3 Å². The number of aromatic nitrogens is 3. The summed E-state index contributed by atoms with van der Waals surface area (Å²) in [5, 5.41) is 8.99. The summed E-state index contributed by atoms with van der Waals surface area (Å²) in [5.41, 5.74) is 1.11. The third-order valence-corrected chi connectivity index (χ3v) is 6.70. The first kappa shape index (κ1) is 18.9. The van der Waals surface area contributed by atoms with Crippen LogP contribution in [0.4, 0.5) is 5.82 Å². The zero-order valence-electron chi connectivity index (χ0n) is 16.8. The maximum atomic E-state index is 13.0. The van der Waals surface area contributed by atoms with Crippen LogP contribution in [0.3, 0.4) is 0 Å². The number of amides is 1. The standard InChI is InChI=1S/C22H24N6O2/c23-8-16-2-5-20(26-9-16)28-18-3-4-19(28)13-27(12-18)21(29)14-30-22(6-1-7-22)17-10-24-15-25-11-17/h2,5,9-11,15,18-19H,1,3-4,6-7,12-14H2. The molecule has 0 aromatic carbocycles. The number of ether oxygens (including phenoxy) is 1. The van der Waals surface area contributed by atoms with E-state index < -0.39 is 5.60 Å². The van der Waals surface area contributed by atoms with Gasteiger partial charge in [-0.1, -0.05) is 0 Å². The molecule has 1 amide bonds. The van der Waals surface area contributed by atoms with Crippen LogP contribution in [-0.2, 0) is 15.1 Å². The molecule has 4 heterocycles. The lowest BCUT2D eigenvalue weighted by Crippen LogP contribution is -2.56. The average Bonchev–Trinajstić information content (AvgIpc) is 3.02. The molecule has 0 N–H and O–H groups in total. The van der Waals surface area contributed by atoms with E-state index in [0.29, 0.717) is 18.7 Å². The Morgan fingerprint density at radius 2 is 1.90 bits per heavy atom. The van der Waals surface area contributed by atoms with Crippen LogP contribution in [0.15, 0.2) is 37.1 Å². The maximum Gasteiger partial charge on any atom is 0.248 e. The number of likely N-dealkylation sites (tertiary alicyclic amines) is 1. The fraction of sp³-hybridized carbons (Fsp3) is 0.500. The van der Waals surface area contributed by atoms with Crippen molar-refractivity contribution in [3.05, 3.63) is 48.2 Å². The molecule has 1 saturated carbocycles. The van der Waals surface area contributed by atoms with E-state index in [1.807, 2.05) is 11.0 Å². The fourth-order valence-electron chi connectivity index (χ4n) is 4.93. The van der Waals surface area contributed by atoms with Gasteiger partial charge in [-0.3, -0.25) is 4.79 Å². The summed E-state index contributed by atoms with van der Waals surface area (Å²) in [5.74, 6) is 0.935. The normalized spacial score (nSPS) is 24.2. The highest BCUT2D eigenvalue weighted by atomic mass is 16.5. The van der Waals surface area contributed by atoms with Crippen molar-refractivity contribution >= 4 is 11.7 Å². The number of hydrogen-bond acceptors (Lipinski definition) is 7. The minimum atomic E-state index is -0.413. The molecule has 0 spiro atoms. The van der Waals surface area contributed by atoms with Crippen LogP contribution in [0.25, 0.3) is 0 Å². The summed E-state index contributed by atoms with van der Waals surface area (Å²) >= 11 is 0. The summed E-state index contributed by atoms with van der Waals surface area (Å²) in [4.78, 5) is 29.9. The molecule has 5 rings (SSSR count). The van der Waals surface area contributed by atoms with E-state index in [-0.39, 0.29) is 24.6 Å². The number of pyridine rings is 1. The molecule has 2 saturated heterocycles. The van der Waals surface area contributed by atoms with E-state index in [9.17, 15) is 4.79 Å². The van der Waals surface area contributed by atoms with E-state index in [1.54, 1.807) is 24.7 Å². The minimum absolute atomic E-state index is 0.0439. The zero-order chi connectivity index (χ0) is 20.6. The van der Waals surface area contributed by atoms with Gasteiger partial charge in [0.05, 0.1) is 11.2 Å². The number of fused-ring (bicyclic) bond motifs is 2. The summed E-state index contributed by atoms with van der Waals surface area (Å²) < 4.78 is 6.17. The van der Waals surface area contributed by atoms with Crippen molar-refractivity contribution in [2.75, 3.05) is 24.6 Å². The van der Waals surface area contributed by atoms with Crippen LogP contribution >= 0.6 is 0 Å². The second kappa shape index (κ2) is 7.65. The summed E-state index contributed by atoms with van der Waals surface area (Å²) in [7, 11) is 0. The van der Waals surface area contributed by atoms with Gasteiger partial charge >= 0.3 is 0 Å². The van der Waals surface area contributed by atoms with Crippen LogP contribution < -0.4 is 4.90 Å². The van der Waals surface area contributed by atoms with Crippen LogP contribution in [0.1, 0.15) is 43.2 Å². The molecule has 154 valence electrons. The average molecular weight is 404 g/mol. The van der Waals surface area contributed by atoms with Crippen LogP contribution in [0.5, 0.6) is 0 Å². The minimum Gasteiger partial charge on any atom is -0.360 e. The number of nitriles is 1. The third kappa shape index (κ3) is 3.29. The Balaban J connectivity index is 1.23. The fourth-order valence-corrected chi connectivity index (χ4v) is 4.93. The molecule has 3 aliphatic rings. The zero-order valence-corrected chi connectivity index (χ0v) is 16.8. The van der Waals surface area contributed by atoms with Crippen molar-refractivity contribution < 1.29 is 9.53 Å². The second-order valence-corrected chi connectivity index (χ2v) is 8.37. The Morgan fingerprint density at radius 3 is 2.47 bits per heavy atom. The Hall–Kier alpha value is -3.05. The first-order valence-corrected chi connectivity index (χ1v) is 10.5. The molecule has 8 heteroatoms. The monoisotopic (exact) mass is 404 g/mol. The highest BCUT2D eigenvalue weighted by Gasteiger charge is 2.44. The molecule has 1 aliphatic carbocycles. The number of carbonyl (C=O) groups is 1. The lowest BCUT2D eigenvalue weighted by Gasteiger charge is -2.44. The Labute approximate surface area is 175 Å². The highest BCUT2D eigenvalue weighted by molar-refractivity contribution is 5.78. The third-order valence-electron chi connectivity index (χ3n) is 6.70. The van der Waals surface area contributed by atoms with Crippen molar-refractivity contribution in [2.24, 2.45) is 0 Å². The molecule has 2 aromatic heterocycles. The molecule has 2 aromatic rings. The van der Waals surface area contributed by atoms with Crippen molar-refractivity contribution in [2.45, 2.75) is 49.8 Å². The van der Waals surface area contributed by atoms with Crippen LogP contribution in [-0.4, -0.2) is 57.5 Å². The molecule has 8 nitrogen and oxygen atoms in total. The van der Waals surface area contributed by atoms with Gasteiger partial charge in [0.2, 0.25) is 5.91 Å². The number of carbonyl (C=O) groups excluding carboxylic acids is 1. The predicted molar refractivity (Wildman–Crippen MR) is 108 cm³/mol. The van der Waals surface area contributed by atoms with Gasteiger partial charge in [-0.25, -0.2) is 15.0 Å². The topological polar surface area (TPSA) is 95.2 Å². The van der Waals surface area contributed by atoms with Crippen molar-refractivity contribution in [3.8, 4) is 6.07 Å². The van der Waals surface area contributed by atoms with Gasteiger partial charge in [0.25, 0.3) is 0 Å². The Kier molecular flexibility index (Phi) is 4.83. The van der Waals surface area contributed by atoms with Gasteiger partial charge in [0.15, 0.2) is 0 Å². The number of hydrogen-bond donors (Lipinski definition) is 0. The van der Waals surface area contributed by atoms with Gasteiger partial charge in [-0.05, 0) is 44.2 Å². The number of rotatable bonds is 5. The molecule has 2 atom stereocenters. The largest absolute Gasteiger partial charge is 0.360 e. The lowest BCUT2D eigenvalue weighted by molar-refractivity contribution is -0.154. The van der Waals surface area contributed by atoms with Crippen molar-refractivity contribution in [1.29, 1.82) is 5.26 Å². The summed E-state index contributed by atoms with van der Waals surface area (Å²) in [6.45, 7) is 1.45. The second-order valence-electron chi connectivity index (χ2n) is 8.37. The van der Waals surface area contributed by atoms with Crippen LogP contribution in [0.2, 0.25) is 0 Å². The van der Waals surface area contributed by atoms with E-state index in [0.717, 1.165) is 43.5 Å². The number of nitrogens with zero attached hydrogens (tertiary/aromatic N) is 6. The first-order chi connectivity index (χ1) is 14.7. The summed E-state index contributed by atoms with van der Waals surface area (Å²) in [6.07, 6.45) is 11.7. The smallest absolute Gasteiger partial charge is 0.248 e. The van der Waals surface area contributed by atoms with Gasteiger partial charge in [-0.15, -0.1) is 0 Å². The Morgan fingerprint density at radius 1 is 1.17 bits per heavy atom. The molecule has 2 bridgehead atoms. The van der Waals surface area contributed by atoms with E-state index in [4.69, 9.17) is 10.00 Å². The van der Waals surface area contributed by atoms with Crippen molar-refractivity contribution in [1.82, 2.24) is 19.9 Å². The first-order valence-electron chi connectivity index (χ1n) is 10.5. The Bertz CT molecular complexity index is 940. The maximum absolute atomic E-state index is 13.0. The molecule has 0 radical (unpaired) electrons. The van der Waals surface area contributed by atoms with E-state index >= 15 is 0 Å².